The molecule has 2 heterocycles. The van der Waals surface area contributed by atoms with Crippen LogP contribution in [-0.2, 0) is 16.4 Å². The monoisotopic (exact) mass is 390 g/mol. The van der Waals surface area contributed by atoms with Gasteiger partial charge >= 0.3 is 0 Å². The van der Waals surface area contributed by atoms with Crippen LogP contribution < -0.4 is 5.32 Å². The van der Waals surface area contributed by atoms with E-state index in [1.165, 1.54) is 0 Å². The molecule has 4 nitrogen and oxygen atoms in total. The van der Waals surface area contributed by atoms with E-state index in [1.54, 1.807) is 24.3 Å². The number of nitrogens with one attached hydrogen (secondary N) is 1. The number of para-hydroxylation sites is 1. The zero-order valence-corrected chi connectivity index (χ0v) is 16.1. The zero-order valence-electron chi connectivity index (χ0n) is 14.5. The molecule has 1 N–H and O–H groups in total. The summed E-state index contributed by atoms with van der Waals surface area (Å²) in [7, 11) is -3.52. The molecule has 138 valence electrons. The van der Waals surface area contributed by atoms with Gasteiger partial charge in [0.1, 0.15) is 0 Å². The molecule has 0 aliphatic carbocycles. The van der Waals surface area contributed by atoms with Crippen LogP contribution in [-0.4, -0.2) is 26.1 Å². The van der Waals surface area contributed by atoms with Gasteiger partial charge in [-0.05, 0) is 50.0 Å². The number of piperidine rings is 1. The molecule has 0 atom stereocenters. The molecule has 1 aliphatic rings. The highest BCUT2D eigenvalue weighted by atomic mass is 35.5. The number of aromatic nitrogens is 1. The number of sulfone groups is 1. The summed E-state index contributed by atoms with van der Waals surface area (Å²) in [6, 6.07) is 16.5. The Morgan fingerprint density at radius 1 is 0.962 bits per heavy atom. The number of halogens is 1. The van der Waals surface area contributed by atoms with Gasteiger partial charge in [0.05, 0.1) is 9.79 Å². The fraction of sp³-hybridized carbons (Fsp3) is 0.300. The number of nitrogens with zero attached hydrogens (tertiary/aromatic N) is 1. The standard InChI is InChI=1S/C20H22N2O2S.ClH/c23-25(24,17-6-2-1-3-7-17)20-15-22(14-16-10-12-21-13-11-16)19-9-5-4-8-18(19)20;/h1-9,15-16,21H,10-14H2;1H. The third kappa shape index (κ3) is 3.52. The van der Waals surface area contributed by atoms with Crippen molar-refractivity contribution in [2.24, 2.45) is 5.92 Å². The lowest BCUT2D eigenvalue weighted by Crippen LogP contribution is -2.29. The van der Waals surface area contributed by atoms with Crippen LogP contribution in [0.4, 0.5) is 0 Å². The van der Waals surface area contributed by atoms with Crippen molar-refractivity contribution in [2.45, 2.75) is 29.2 Å². The highest BCUT2D eigenvalue weighted by molar-refractivity contribution is 7.91. The van der Waals surface area contributed by atoms with E-state index in [1.807, 2.05) is 36.5 Å². The largest absolute Gasteiger partial charge is 0.346 e. The van der Waals surface area contributed by atoms with Crippen molar-refractivity contribution in [3.05, 3.63) is 60.8 Å². The predicted molar refractivity (Wildman–Crippen MR) is 107 cm³/mol. The quantitative estimate of drug-likeness (QED) is 0.735. The van der Waals surface area contributed by atoms with Crippen molar-refractivity contribution in [3.8, 4) is 0 Å². The number of fused-ring (bicyclic) bond motifs is 1. The first kappa shape index (κ1) is 19.0. The third-order valence-electron chi connectivity index (χ3n) is 5.01. The first-order chi connectivity index (χ1) is 12.2. The minimum absolute atomic E-state index is 0. The normalized spacial score (nSPS) is 15.7. The fourth-order valence-electron chi connectivity index (χ4n) is 3.65. The van der Waals surface area contributed by atoms with Crippen LogP contribution in [0.1, 0.15) is 12.8 Å². The number of rotatable bonds is 4. The molecule has 0 unspecified atom stereocenters. The van der Waals surface area contributed by atoms with E-state index in [2.05, 4.69) is 9.88 Å². The molecule has 4 rings (SSSR count). The molecule has 0 amide bonds. The lowest BCUT2D eigenvalue weighted by Gasteiger charge is -2.23. The van der Waals surface area contributed by atoms with Crippen molar-refractivity contribution < 1.29 is 8.42 Å². The van der Waals surface area contributed by atoms with E-state index in [0.717, 1.165) is 43.4 Å². The Balaban J connectivity index is 0.00000196. The summed E-state index contributed by atoms with van der Waals surface area (Å²) in [4.78, 5) is 0.753. The number of benzene rings is 2. The van der Waals surface area contributed by atoms with Crippen LogP contribution in [0.2, 0.25) is 0 Å². The lowest BCUT2D eigenvalue weighted by atomic mass is 9.98. The fourth-order valence-corrected chi connectivity index (χ4v) is 5.14. The maximum Gasteiger partial charge on any atom is 0.208 e. The van der Waals surface area contributed by atoms with Crippen LogP contribution in [0.15, 0.2) is 70.6 Å². The SMILES string of the molecule is Cl.O=S(=O)(c1ccccc1)c1cn(CC2CCNCC2)c2ccccc12. The van der Waals surface area contributed by atoms with Crippen molar-refractivity contribution in [3.63, 3.8) is 0 Å². The van der Waals surface area contributed by atoms with E-state index in [-0.39, 0.29) is 12.4 Å². The summed E-state index contributed by atoms with van der Waals surface area (Å²) >= 11 is 0. The van der Waals surface area contributed by atoms with Gasteiger partial charge in [0.15, 0.2) is 0 Å². The summed E-state index contributed by atoms with van der Waals surface area (Å²) in [5, 5.41) is 4.19. The van der Waals surface area contributed by atoms with E-state index < -0.39 is 9.84 Å². The van der Waals surface area contributed by atoms with Crippen molar-refractivity contribution in [2.75, 3.05) is 13.1 Å². The zero-order chi connectivity index (χ0) is 17.3. The smallest absolute Gasteiger partial charge is 0.208 e. The highest BCUT2D eigenvalue weighted by Gasteiger charge is 2.24. The summed E-state index contributed by atoms with van der Waals surface area (Å²) in [5.74, 6) is 0.587. The Labute approximate surface area is 160 Å². The summed E-state index contributed by atoms with van der Waals surface area (Å²) in [6.45, 7) is 2.95. The van der Waals surface area contributed by atoms with Crippen LogP contribution in [0.3, 0.4) is 0 Å². The van der Waals surface area contributed by atoms with Crippen LogP contribution in [0, 0.1) is 5.92 Å². The van der Waals surface area contributed by atoms with Crippen LogP contribution in [0.25, 0.3) is 10.9 Å². The molecule has 6 heteroatoms. The van der Waals surface area contributed by atoms with Crippen LogP contribution in [0.5, 0.6) is 0 Å². The van der Waals surface area contributed by atoms with Gasteiger partial charge < -0.3 is 9.88 Å². The van der Waals surface area contributed by atoms with Gasteiger partial charge in [0.25, 0.3) is 0 Å². The lowest BCUT2D eigenvalue weighted by molar-refractivity contribution is 0.336. The molecular formula is C20H23ClN2O2S. The van der Waals surface area contributed by atoms with E-state index in [0.29, 0.717) is 15.7 Å². The van der Waals surface area contributed by atoms with Gasteiger partial charge in [-0.15, -0.1) is 12.4 Å². The molecule has 0 spiro atoms. The second kappa shape index (κ2) is 7.82. The third-order valence-corrected chi connectivity index (χ3v) is 6.81. The van der Waals surface area contributed by atoms with Crippen molar-refractivity contribution in [1.82, 2.24) is 9.88 Å². The first-order valence-corrected chi connectivity index (χ1v) is 10.2. The van der Waals surface area contributed by atoms with Gasteiger partial charge in [-0.25, -0.2) is 8.42 Å². The second-order valence-electron chi connectivity index (χ2n) is 6.67. The van der Waals surface area contributed by atoms with Gasteiger partial charge in [-0.2, -0.15) is 0 Å². The molecule has 0 radical (unpaired) electrons. The predicted octanol–water partition coefficient (Wildman–Crippen LogP) is 3.90. The van der Waals surface area contributed by atoms with Gasteiger partial charge in [0.2, 0.25) is 9.84 Å². The van der Waals surface area contributed by atoms with Gasteiger partial charge in [-0.3, -0.25) is 0 Å². The average Bonchev–Trinajstić information content (AvgIpc) is 3.03. The minimum Gasteiger partial charge on any atom is -0.346 e. The van der Waals surface area contributed by atoms with Crippen molar-refractivity contribution >= 4 is 33.1 Å². The number of hydrogen-bond acceptors (Lipinski definition) is 3. The summed E-state index contributed by atoms with van der Waals surface area (Å²) in [5.41, 5.74) is 0.996. The molecule has 1 aliphatic heterocycles. The molecule has 0 bridgehead atoms. The molecule has 1 aromatic heterocycles. The second-order valence-corrected chi connectivity index (χ2v) is 8.59. The Kier molecular flexibility index (Phi) is 5.70. The van der Waals surface area contributed by atoms with Gasteiger partial charge in [0, 0.05) is 23.6 Å². The van der Waals surface area contributed by atoms with Gasteiger partial charge in [-0.1, -0.05) is 36.4 Å². The summed E-state index contributed by atoms with van der Waals surface area (Å²) < 4.78 is 28.4. The molecule has 1 fully saturated rings. The van der Waals surface area contributed by atoms with E-state index in [4.69, 9.17) is 0 Å². The molecule has 2 aromatic carbocycles. The summed E-state index contributed by atoms with van der Waals surface area (Å²) in [6.07, 6.45) is 4.09. The first-order valence-electron chi connectivity index (χ1n) is 8.75. The van der Waals surface area contributed by atoms with E-state index >= 15 is 0 Å². The maximum atomic E-state index is 13.1. The Hall–Kier alpha value is -1.82. The molecular weight excluding hydrogens is 368 g/mol. The molecule has 3 aromatic rings. The Bertz CT molecular complexity index is 977. The Morgan fingerprint density at radius 2 is 1.62 bits per heavy atom. The number of hydrogen-bond donors (Lipinski definition) is 1. The van der Waals surface area contributed by atoms with E-state index in [9.17, 15) is 8.42 Å². The Morgan fingerprint density at radius 3 is 2.35 bits per heavy atom. The average molecular weight is 391 g/mol. The van der Waals surface area contributed by atoms with Crippen molar-refractivity contribution in [1.29, 1.82) is 0 Å². The van der Waals surface area contributed by atoms with Crippen LogP contribution >= 0.6 is 12.4 Å². The minimum atomic E-state index is -3.52. The molecule has 0 saturated carbocycles. The molecule has 1 saturated heterocycles. The maximum absolute atomic E-state index is 13.1. The highest BCUT2D eigenvalue weighted by Crippen LogP contribution is 2.31. The molecule has 26 heavy (non-hydrogen) atoms. The topological polar surface area (TPSA) is 51.1 Å².